The van der Waals surface area contributed by atoms with Crippen LogP contribution in [0.2, 0.25) is 0 Å². The Morgan fingerprint density at radius 1 is 1.00 bits per heavy atom. The van der Waals surface area contributed by atoms with Gasteiger partial charge in [-0.1, -0.05) is 12.1 Å². The van der Waals surface area contributed by atoms with Crippen LogP contribution in [0.4, 0.5) is 13.2 Å². The molecule has 0 fully saturated rings. The molecule has 0 amide bonds. The molecule has 0 spiro atoms. The molecule has 0 bridgehead atoms. The molecule has 2 aromatic carbocycles. The Morgan fingerprint density at radius 2 is 1.58 bits per heavy atom. The molecule has 24 heavy (non-hydrogen) atoms. The van der Waals surface area contributed by atoms with Gasteiger partial charge in [0.1, 0.15) is 16.5 Å². The Hall–Kier alpha value is -2.55. The van der Waals surface area contributed by atoms with Crippen molar-refractivity contribution in [3.05, 3.63) is 59.4 Å². The van der Waals surface area contributed by atoms with E-state index in [1.54, 1.807) is 0 Å². The van der Waals surface area contributed by atoms with Crippen LogP contribution in [0.3, 0.4) is 0 Å². The number of benzene rings is 2. The van der Waals surface area contributed by atoms with E-state index in [1.165, 1.54) is 31.4 Å². The van der Waals surface area contributed by atoms with Gasteiger partial charge in [0.2, 0.25) is 0 Å². The van der Waals surface area contributed by atoms with Crippen LogP contribution >= 0.6 is 0 Å². The minimum absolute atomic E-state index is 0.0265. The number of esters is 1. The molecule has 2 rings (SSSR count). The van der Waals surface area contributed by atoms with Crippen LogP contribution < -0.4 is 4.18 Å². The zero-order valence-electron chi connectivity index (χ0n) is 12.3. The van der Waals surface area contributed by atoms with Gasteiger partial charge in [-0.15, -0.1) is 0 Å². The molecule has 0 unspecified atom stereocenters. The summed E-state index contributed by atoms with van der Waals surface area (Å²) in [7, 11) is -3.47. The van der Waals surface area contributed by atoms with Crippen LogP contribution in [0.1, 0.15) is 5.56 Å². The van der Waals surface area contributed by atoms with Gasteiger partial charge in [0, 0.05) is 12.1 Å². The zero-order valence-corrected chi connectivity index (χ0v) is 13.1. The third kappa shape index (κ3) is 4.05. The lowest BCUT2D eigenvalue weighted by molar-refractivity contribution is -0.139. The summed E-state index contributed by atoms with van der Waals surface area (Å²) in [6.45, 7) is 0. The van der Waals surface area contributed by atoms with Crippen LogP contribution in [0, 0.1) is 17.5 Å². The summed E-state index contributed by atoms with van der Waals surface area (Å²) in [6.07, 6.45) is -0.0265. The molecule has 0 aromatic heterocycles. The maximum atomic E-state index is 13.6. The van der Waals surface area contributed by atoms with Crippen molar-refractivity contribution in [3.63, 3.8) is 0 Å². The first-order valence-electron chi connectivity index (χ1n) is 6.47. The fraction of sp³-hybridized carbons (Fsp3) is 0.133. The molecule has 0 saturated heterocycles. The fourth-order valence-electron chi connectivity index (χ4n) is 1.77. The first-order chi connectivity index (χ1) is 11.2. The van der Waals surface area contributed by atoms with Crippen molar-refractivity contribution >= 4 is 16.1 Å². The lowest BCUT2D eigenvalue weighted by Crippen LogP contribution is -2.13. The Morgan fingerprint density at radius 3 is 2.17 bits per heavy atom. The molecular weight excluding hydrogens is 349 g/mol. The van der Waals surface area contributed by atoms with Crippen molar-refractivity contribution in [2.45, 2.75) is 11.3 Å². The summed E-state index contributed by atoms with van der Waals surface area (Å²) >= 11 is 0. The molecule has 0 heterocycles. The van der Waals surface area contributed by atoms with E-state index in [0.29, 0.717) is 5.56 Å². The number of halogens is 3. The van der Waals surface area contributed by atoms with E-state index in [-0.39, 0.29) is 24.3 Å². The van der Waals surface area contributed by atoms with E-state index in [4.69, 9.17) is 0 Å². The molecule has 0 N–H and O–H groups in total. The molecule has 9 heteroatoms. The Bertz CT molecular complexity index is 863. The summed E-state index contributed by atoms with van der Waals surface area (Å²) in [6, 6.07) is 5.59. The second-order valence-electron chi connectivity index (χ2n) is 4.63. The summed E-state index contributed by atoms with van der Waals surface area (Å²) in [5.74, 6) is -5.19. The van der Waals surface area contributed by atoms with Crippen LogP contribution in [0.15, 0.2) is 41.3 Å². The summed E-state index contributed by atoms with van der Waals surface area (Å²) in [4.78, 5) is 9.99. The number of carbonyl (C=O) groups excluding carboxylic acids is 1. The van der Waals surface area contributed by atoms with Crippen molar-refractivity contribution < 1.29 is 35.3 Å². The Kier molecular flexibility index (Phi) is 5.13. The van der Waals surface area contributed by atoms with Gasteiger partial charge in [-0.2, -0.15) is 8.42 Å². The highest BCUT2D eigenvalue weighted by Crippen LogP contribution is 2.23. The number of rotatable bonds is 5. The highest BCUT2D eigenvalue weighted by molar-refractivity contribution is 7.87. The van der Waals surface area contributed by atoms with Gasteiger partial charge >= 0.3 is 16.1 Å². The maximum absolute atomic E-state index is 13.6. The van der Waals surface area contributed by atoms with E-state index in [0.717, 1.165) is 0 Å². The minimum atomic E-state index is -4.70. The third-order valence-corrected chi connectivity index (χ3v) is 4.21. The van der Waals surface area contributed by atoms with E-state index < -0.39 is 38.4 Å². The van der Waals surface area contributed by atoms with Gasteiger partial charge in [-0.25, -0.2) is 13.2 Å². The lowest BCUT2D eigenvalue weighted by atomic mass is 10.1. The average molecular weight is 360 g/mol. The highest BCUT2D eigenvalue weighted by atomic mass is 32.2. The minimum Gasteiger partial charge on any atom is -0.469 e. The molecule has 0 saturated carbocycles. The van der Waals surface area contributed by atoms with Gasteiger partial charge in [0.15, 0.2) is 11.6 Å². The molecule has 2 aromatic rings. The monoisotopic (exact) mass is 360 g/mol. The molecule has 0 aliphatic heterocycles. The molecule has 0 atom stereocenters. The number of hydrogen-bond acceptors (Lipinski definition) is 5. The van der Waals surface area contributed by atoms with Gasteiger partial charge in [-0.3, -0.25) is 4.79 Å². The number of methoxy groups -OCH3 is 1. The van der Waals surface area contributed by atoms with Crippen molar-refractivity contribution in [2.75, 3.05) is 7.11 Å². The van der Waals surface area contributed by atoms with E-state index in [9.17, 15) is 26.4 Å². The normalized spacial score (nSPS) is 11.2. The maximum Gasteiger partial charge on any atom is 0.342 e. The lowest BCUT2D eigenvalue weighted by Gasteiger charge is -2.09. The molecule has 0 radical (unpaired) electrons. The second-order valence-corrected chi connectivity index (χ2v) is 6.15. The fourth-order valence-corrected chi connectivity index (χ4v) is 2.77. The van der Waals surface area contributed by atoms with Crippen LogP contribution in [-0.2, 0) is 26.1 Å². The Balaban J connectivity index is 2.23. The Labute approximate surface area is 135 Å². The zero-order chi connectivity index (χ0) is 17.9. The molecule has 0 aliphatic carbocycles. The van der Waals surface area contributed by atoms with Crippen LogP contribution in [0.5, 0.6) is 5.75 Å². The first-order valence-corrected chi connectivity index (χ1v) is 7.88. The van der Waals surface area contributed by atoms with Crippen molar-refractivity contribution in [3.8, 4) is 5.75 Å². The average Bonchev–Trinajstić information content (AvgIpc) is 2.52. The van der Waals surface area contributed by atoms with Crippen LogP contribution in [0.25, 0.3) is 0 Å². The van der Waals surface area contributed by atoms with Crippen molar-refractivity contribution in [1.82, 2.24) is 0 Å². The summed E-state index contributed by atoms with van der Waals surface area (Å²) in [5, 5.41) is 0. The van der Waals surface area contributed by atoms with E-state index in [2.05, 4.69) is 8.92 Å². The first kappa shape index (κ1) is 17.8. The van der Waals surface area contributed by atoms with Gasteiger partial charge in [0.25, 0.3) is 0 Å². The van der Waals surface area contributed by atoms with Gasteiger partial charge in [-0.05, 0) is 17.7 Å². The van der Waals surface area contributed by atoms with E-state index in [1.807, 2.05) is 0 Å². The standard InChI is InChI=1S/C15H11F3O5S/c1-22-15(19)6-9-2-4-10(5-3-9)23-24(20,21)14-8-12(17)11(16)7-13(14)18/h2-5,7-8H,6H2,1H3. The topological polar surface area (TPSA) is 69.7 Å². The largest absolute Gasteiger partial charge is 0.469 e. The molecule has 128 valence electrons. The molecule has 5 nitrogen and oxygen atoms in total. The third-order valence-electron chi connectivity index (χ3n) is 2.95. The summed E-state index contributed by atoms with van der Waals surface area (Å²) in [5.41, 5.74) is 0.533. The smallest absolute Gasteiger partial charge is 0.342 e. The SMILES string of the molecule is COC(=O)Cc1ccc(OS(=O)(=O)c2cc(F)c(F)cc2F)cc1. The van der Waals surface area contributed by atoms with Crippen molar-refractivity contribution in [1.29, 1.82) is 0 Å². The second kappa shape index (κ2) is 6.91. The van der Waals surface area contributed by atoms with Gasteiger partial charge in [0.05, 0.1) is 13.5 Å². The summed E-state index contributed by atoms with van der Waals surface area (Å²) < 4.78 is 72.7. The number of hydrogen-bond donors (Lipinski definition) is 0. The van der Waals surface area contributed by atoms with Gasteiger partial charge < -0.3 is 8.92 Å². The van der Waals surface area contributed by atoms with E-state index >= 15 is 0 Å². The molecular formula is C15H11F3O5S. The predicted molar refractivity (Wildman–Crippen MR) is 76.3 cm³/mol. The van der Waals surface area contributed by atoms with Crippen LogP contribution in [-0.4, -0.2) is 21.5 Å². The molecule has 0 aliphatic rings. The number of carbonyl (C=O) groups is 1. The van der Waals surface area contributed by atoms with Crippen molar-refractivity contribution in [2.24, 2.45) is 0 Å². The quantitative estimate of drug-likeness (QED) is 0.466. The predicted octanol–water partition coefficient (Wildman–Crippen LogP) is 2.59. The number of ether oxygens (including phenoxy) is 1. The highest BCUT2D eigenvalue weighted by Gasteiger charge is 2.24.